The number of allylic oxidation sites excluding steroid dienone is 2. The van der Waals surface area contributed by atoms with Crippen LogP contribution in [0, 0.1) is 107 Å². The Hall–Kier alpha value is -3.00. The molecule has 5 aliphatic rings. The van der Waals surface area contributed by atoms with E-state index in [-0.39, 0.29) is 48.0 Å². The molecule has 4 aliphatic carbocycles. The van der Waals surface area contributed by atoms with Crippen molar-refractivity contribution in [3.8, 4) is 0 Å². The highest BCUT2D eigenvalue weighted by atomic mass is 127. The number of nitrogens with one attached hydrogen (secondary N) is 1. The minimum Gasteiger partial charge on any atom is -1.00 e. The molecule has 5 aromatic carbocycles. The molecule has 0 bridgehead atoms. The molecule has 0 saturated carbocycles. The Balaban J connectivity index is 0.000000275. The van der Waals surface area contributed by atoms with Crippen LogP contribution in [0.25, 0.3) is 12.2 Å². The molecule has 0 fully saturated rings. The fraction of sp³-hybridized carbons (Fsp3) is 0.634. The Bertz CT molecular complexity index is 2920. The van der Waals surface area contributed by atoms with Crippen LogP contribution in [-0.4, -0.2) is 6.54 Å². The lowest BCUT2D eigenvalue weighted by Crippen LogP contribution is -3.00. The Morgan fingerprint density at radius 3 is 1.23 bits per heavy atom. The first kappa shape index (κ1) is 85.4. The molecule has 0 radical (unpaired) electrons. The molecule has 1 heterocycles. The van der Waals surface area contributed by atoms with Crippen molar-refractivity contribution in [3.63, 3.8) is 0 Å². The Labute approximate surface area is 628 Å². The van der Waals surface area contributed by atoms with Gasteiger partial charge in [-0.25, -0.2) is 0 Å². The molecule has 18 unspecified atom stereocenters. The standard InChI is InChI=1S/C30H42.C30H38.2C12H26.C9H11N.2HI/c2*1-5-30(29-17-16-26-11-7-9-13-28(26)20-29)23(4)22(3)21(2)18-24-14-15-25-10-6-8-12-27(25)19-24;2*1-7-9(3)11(5)12(6)10(4)8-2;1-2-4-9-7-10-6-5-8(9)3-1;;/h6-13,21-24,29-30H,5,14-20H2,1-4H3;6-13,19-23,30H,5,14-18H2,1-4H3;2*9-12H,7-8H2,1-6H3;1-4,10H,5-7H2;2*1H/p-2. The second-order valence-corrected chi connectivity index (χ2v) is 32.2. The molecule has 18 atom stereocenters. The number of rotatable bonds is 24. The summed E-state index contributed by atoms with van der Waals surface area (Å²) in [6.45, 7) is 50.5. The second-order valence-electron chi connectivity index (χ2n) is 32.2. The van der Waals surface area contributed by atoms with Gasteiger partial charge in [-0.2, -0.15) is 0 Å². The van der Waals surface area contributed by atoms with Crippen LogP contribution >= 0.6 is 0 Å². The summed E-state index contributed by atoms with van der Waals surface area (Å²) in [4.78, 5) is 0. The number of hydrogen-bond acceptors (Lipinski definition) is 1. The van der Waals surface area contributed by atoms with Crippen molar-refractivity contribution in [2.75, 3.05) is 6.54 Å². The van der Waals surface area contributed by atoms with Gasteiger partial charge in [0.2, 0.25) is 0 Å². The maximum Gasteiger partial charge on any atom is 0.0208 e. The Morgan fingerprint density at radius 1 is 0.344 bits per heavy atom. The van der Waals surface area contributed by atoms with Gasteiger partial charge >= 0.3 is 0 Å². The maximum absolute atomic E-state index is 3.34. The molecule has 0 amide bonds. The van der Waals surface area contributed by atoms with Crippen molar-refractivity contribution in [1.29, 1.82) is 0 Å². The normalized spacial score (nSPS) is 21.0. The lowest BCUT2D eigenvalue weighted by atomic mass is 9.65. The third-order valence-corrected chi connectivity index (χ3v) is 26.9. The molecule has 536 valence electrons. The molecular formula is C93H143I2N-2. The zero-order chi connectivity index (χ0) is 68.4. The van der Waals surface area contributed by atoms with Gasteiger partial charge in [0.1, 0.15) is 0 Å². The van der Waals surface area contributed by atoms with Crippen molar-refractivity contribution in [1.82, 2.24) is 5.32 Å². The highest BCUT2D eigenvalue weighted by Gasteiger charge is 2.35. The molecule has 5 aromatic rings. The van der Waals surface area contributed by atoms with E-state index in [1.165, 1.54) is 155 Å². The smallest absolute Gasteiger partial charge is 0.0208 e. The molecule has 1 aliphatic heterocycles. The van der Waals surface area contributed by atoms with Gasteiger partial charge in [-0.1, -0.05) is 315 Å². The van der Waals surface area contributed by atoms with Crippen molar-refractivity contribution in [3.05, 3.63) is 188 Å². The van der Waals surface area contributed by atoms with E-state index in [9.17, 15) is 0 Å². The summed E-state index contributed by atoms with van der Waals surface area (Å²) < 4.78 is 0. The lowest BCUT2D eigenvalue weighted by Gasteiger charge is -2.40. The number of aryl methyl sites for hydroxylation is 4. The number of fused-ring (bicyclic) bond motifs is 5. The van der Waals surface area contributed by atoms with E-state index in [1.807, 2.05) is 0 Å². The molecule has 1 N–H and O–H groups in total. The number of halogens is 2. The molecule has 1 nitrogen and oxygen atoms in total. The Kier molecular flexibility index (Phi) is 39.5. The van der Waals surface area contributed by atoms with E-state index >= 15 is 0 Å². The summed E-state index contributed by atoms with van der Waals surface area (Å²) in [6.07, 6.45) is 29.6. The van der Waals surface area contributed by atoms with E-state index in [0.29, 0.717) is 5.92 Å². The first-order valence-corrected chi connectivity index (χ1v) is 39.6. The van der Waals surface area contributed by atoms with Gasteiger partial charge in [-0.05, 0) is 259 Å². The first-order chi connectivity index (χ1) is 45.2. The second kappa shape index (κ2) is 44.4. The quantitative estimate of drug-likeness (QED) is 0.0607. The topological polar surface area (TPSA) is 12.0 Å². The van der Waals surface area contributed by atoms with Crippen LogP contribution in [0.5, 0.6) is 0 Å². The fourth-order valence-electron chi connectivity index (χ4n) is 17.7. The first-order valence-electron chi connectivity index (χ1n) is 39.6. The van der Waals surface area contributed by atoms with E-state index in [1.54, 1.807) is 33.4 Å². The zero-order valence-electron chi connectivity index (χ0n) is 65.2. The van der Waals surface area contributed by atoms with Gasteiger partial charge in [0.05, 0.1) is 0 Å². The van der Waals surface area contributed by atoms with E-state index in [0.717, 1.165) is 114 Å². The maximum atomic E-state index is 3.34. The summed E-state index contributed by atoms with van der Waals surface area (Å²) in [5.74, 6) is 15.0. The highest BCUT2D eigenvalue weighted by molar-refractivity contribution is 5.61. The third kappa shape index (κ3) is 25.2. The molecule has 96 heavy (non-hydrogen) atoms. The predicted octanol–water partition coefficient (Wildman–Crippen LogP) is 20.3. The van der Waals surface area contributed by atoms with Gasteiger partial charge < -0.3 is 53.3 Å². The molecule has 3 heteroatoms. The highest BCUT2D eigenvalue weighted by Crippen LogP contribution is 2.44. The van der Waals surface area contributed by atoms with Gasteiger partial charge in [-0.15, -0.1) is 0 Å². The van der Waals surface area contributed by atoms with Crippen LogP contribution in [0.4, 0.5) is 0 Å². The molecular weight excluding hydrogens is 1380 g/mol. The van der Waals surface area contributed by atoms with E-state index < -0.39 is 0 Å². The molecule has 10 rings (SSSR count). The summed E-state index contributed by atoms with van der Waals surface area (Å²) in [6, 6.07) is 44.8. The van der Waals surface area contributed by atoms with Crippen molar-refractivity contribution < 1.29 is 48.0 Å². The van der Waals surface area contributed by atoms with Crippen molar-refractivity contribution in [2.24, 2.45) is 107 Å². The van der Waals surface area contributed by atoms with Crippen LogP contribution in [0.3, 0.4) is 0 Å². The average molecular weight is 1530 g/mol. The van der Waals surface area contributed by atoms with Gasteiger partial charge in [0.15, 0.2) is 0 Å². The fourth-order valence-corrected chi connectivity index (χ4v) is 17.7. The Morgan fingerprint density at radius 2 is 0.750 bits per heavy atom. The molecule has 0 aromatic heterocycles. The van der Waals surface area contributed by atoms with Crippen LogP contribution in [0.1, 0.15) is 271 Å². The van der Waals surface area contributed by atoms with E-state index in [4.69, 9.17) is 0 Å². The predicted molar refractivity (Wildman–Crippen MR) is 418 cm³/mol. The lowest BCUT2D eigenvalue weighted by molar-refractivity contribution is -0.00100. The van der Waals surface area contributed by atoms with Gasteiger partial charge in [-0.3, -0.25) is 0 Å². The molecule has 0 saturated heterocycles. The largest absolute Gasteiger partial charge is 1.00 e. The van der Waals surface area contributed by atoms with Gasteiger partial charge in [0, 0.05) is 6.54 Å². The monoisotopic (exact) mass is 1530 g/mol. The zero-order valence-corrected chi connectivity index (χ0v) is 69.5. The van der Waals surface area contributed by atoms with Crippen molar-refractivity contribution in [2.45, 2.75) is 267 Å². The van der Waals surface area contributed by atoms with E-state index in [2.05, 4.69) is 277 Å². The number of hydrogen-bond donors (Lipinski definition) is 1. The minimum absolute atomic E-state index is 0. The minimum atomic E-state index is 0. The van der Waals surface area contributed by atoms with Crippen LogP contribution in [0.15, 0.2) is 132 Å². The SMILES string of the molecule is CCC(C)C(C)C(C)C(C)CC.CCC(C)C(C)C(C)C(C)CC.CCC(C1=Cc2ccccc2CC1)C(C)C(C)C(C)CC1=Cc2ccccc2CC1.CCC(C1CCc2ccccc2C1)C(C)C(C)C(C)CC1CCc2ccccc2C1.[I-].[I-].c1ccc2c(c1)CCNC2. The number of benzene rings is 5. The summed E-state index contributed by atoms with van der Waals surface area (Å²) in [7, 11) is 0. The molecule has 0 spiro atoms. The van der Waals surface area contributed by atoms with Crippen LogP contribution < -0.4 is 53.3 Å². The van der Waals surface area contributed by atoms with Crippen molar-refractivity contribution >= 4 is 12.2 Å². The summed E-state index contributed by atoms with van der Waals surface area (Å²) >= 11 is 0. The summed E-state index contributed by atoms with van der Waals surface area (Å²) in [5, 5.41) is 3.34. The van der Waals surface area contributed by atoms with Crippen LogP contribution in [-0.2, 0) is 51.5 Å². The average Bonchev–Trinajstić information content (AvgIpc) is 0.869. The summed E-state index contributed by atoms with van der Waals surface area (Å²) in [5.41, 5.74) is 18.7. The third-order valence-electron chi connectivity index (χ3n) is 26.9. The van der Waals surface area contributed by atoms with Gasteiger partial charge in [0.25, 0.3) is 0 Å². The van der Waals surface area contributed by atoms with Crippen LogP contribution in [0.2, 0.25) is 0 Å².